The second kappa shape index (κ2) is 3.16. The van der Waals surface area contributed by atoms with Gasteiger partial charge in [0.2, 0.25) is 0 Å². The van der Waals surface area contributed by atoms with E-state index in [1.807, 2.05) is 0 Å². The van der Waals surface area contributed by atoms with E-state index in [0.717, 1.165) is 0 Å². The lowest BCUT2D eigenvalue weighted by Gasteiger charge is -2.36. The van der Waals surface area contributed by atoms with Crippen LogP contribution >= 0.6 is 12.5 Å². The molecule has 0 unspecified atom stereocenters. The summed E-state index contributed by atoms with van der Waals surface area (Å²) in [7, 11) is 0. The SMILES string of the molecule is CC(C)(O)C(C)(C)O[B]S. The molecule has 0 amide bonds. The highest BCUT2D eigenvalue weighted by Gasteiger charge is 2.35. The Labute approximate surface area is 68.5 Å². The van der Waals surface area contributed by atoms with Crippen molar-refractivity contribution in [2.24, 2.45) is 0 Å². The Morgan fingerprint density at radius 1 is 1.30 bits per heavy atom. The van der Waals surface area contributed by atoms with Crippen LogP contribution in [0.15, 0.2) is 0 Å². The highest BCUT2D eigenvalue weighted by Crippen LogP contribution is 2.24. The summed E-state index contributed by atoms with van der Waals surface area (Å²) in [5.74, 6) is 0. The lowest BCUT2D eigenvalue weighted by atomic mass is 9.89. The fourth-order valence-corrected chi connectivity index (χ4v) is 0.539. The molecule has 0 aromatic carbocycles. The number of hydrogen-bond acceptors (Lipinski definition) is 3. The van der Waals surface area contributed by atoms with Crippen LogP contribution in [0.1, 0.15) is 27.7 Å². The molecule has 10 heavy (non-hydrogen) atoms. The maximum atomic E-state index is 9.50. The summed E-state index contributed by atoms with van der Waals surface area (Å²) in [6.07, 6.45) is 0. The van der Waals surface area contributed by atoms with Gasteiger partial charge < -0.3 is 9.76 Å². The lowest BCUT2D eigenvalue weighted by molar-refractivity contribution is -0.0884. The Balaban J connectivity index is 4.10. The Kier molecular flexibility index (Phi) is 3.26. The normalized spacial score (nSPS) is 13.4. The molecule has 1 N–H and O–H groups in total. The van der Waals surface area contributed by atoms with Crippen LogP contribution in [-0.4, -0.2) is 23.1 Å². The van der Waals surface area contributed by atoms with Crippen molar-refractivity contribution >= 4 is 19.2 Å². The molecule has 0 aromatic heterocycles. The molecule has 0 aliphatic carbocycles. The molecule has 0 spiro atoms. The first-order chi connectivity index (χ1) is 4.31. The van der Waals surface area contributed by atoms with Gasteiger partial charge in [0.1, 0.15) is 0 Å². The Morgan fingerprint density at radius 3 is 1.80 bits per heavy atom. The Hall–Kier alpha value is 0.335. The fourth-order valence-electron chi connectivity index (χ4n) is 0.276. The van der Waals surface area contributed by atoms with E-state index in [-0.39, 0.29) is 0 Å². The summed E-state index contributed by atoms with van der Waals surface area (Å²) in [6.45, 7) is 8.30. The van der Waals surface area contributed by atoms with Crippen LogP contribution in [-0.2, 0) is 4.65 Å². The third-order valence-electron chi connectivity index (χ3n) is 1.82. The minimum atomic E-state index is -0.855. The zero-order valence-electron chi connectivity index (χ0n) is 6.88. The highest BCUT2D eigenvalue weighted by atomic mass is 32.1. The minimum absolute atomic E-state index is 0.589. The highest BCUT2D eigenvalue weighted by molar-refractivity contribution is 8.06. The molecule has 1 radical (unpaired) electrons. The Bertz CT molecular complexity index is 109. The van der Waals surface area contributed by atoms with E-state index in [4.69, 9.17) is 4.65 Å². The topological polar surface area (TPSA) is 29.5 Å². The lowest BCUT2D eigenvalue weighted by Crippen LogP contribution is -2.47. The second-order valence-corrected chi connectivity index (χ2v) is 3.50. The molecule has 0 atom stereocenters. The monoisotopic (exact) mass is 161 g/mol. The zero-order chi connectivity index (χ0) is 8.41. The summed E-state index contributed by atoms with van der Waals surface area (Å²) in [6, 6.07) is 0. The minimum Gasteiger partial charge on any atom is -0.421 e. The average Bonchev–Trinajstić information content (AvgIpc) is 1.61. The largest absolute Gasteiger partial charge is 0.421 e. The molecule has 0 aromatic rings. The van der Waals surface area contributed by atoms with Gasteiger partial charge in [0.15, 0.2) is 0 Å². The molecule has 0 rings (SSSR count). The summed E-state index contributed by atoms with van der Waals surface area (Å²) in [4.78, 5) is 0. The van der Waals surface area contributed by atoms with Gasteiger partial charge in [0, 0.05) is 0 Å². The van der Waals surface area contributed by atoms with Crippen LogP contribution in [0.2, 0.25) is 0 Å². The molecule has 59 valence electrons. The number of aliphatic hydroxyl groups is 1. The Morgan fingerprint density at radius 2 is 1.70 bits per heavy atom. The molecule has 0 bridgehead atoms. The first-order valence-electron chi connectivity index (χ1n) is 3.17. The third kappa shape index (κ3) is 2.52. The second-order valence-electron chi connectivity index (χ2n) is 3.29. The van der Waals surface area contributed by atoms with Crippen LogP contribution in [0.25, 0.3) is 0 Å². The first kappa shape index (κ1) is 10.3. The van der Waals surface area contributed by atoms with E-state index in [9.17, 15) is 5.11 Å². The van der Waals surface area contributed by atoms with Gasteiger partial charge >= 0.3 is 6.76 Å². The van der Waals surface area contributed by atoms with E-state index in [2.05, 4.69) is 12.5 Å². The van der Waals surface area contributed by atoms with Gasteiger partial charge in [-0.15, -0.1) is 0 Å². The average molecular weight is 161 g/mol. The van der Waals surface area contributed by atoms with Crippen LogP contribution in [0, 0.1) is 0 Å². The molecule has 4 heteroatoms. The number of thiol groups is 1. The van der Waals surface area contributed by atoms with Gasteiger partial charge in [-0.05, 0) is 27.7 Å². The van der Waals surface area contributed by atoms with Gasteiger partial charge in [-0.2, -0.15) is 12.5 Å². The zero-order valence-corrected chi connectivity index (χ0v) is 7.77. The summed E-state index contributed by atoms with van der Waals surface area (Å²) in [5, 5.41) is 9.50. The maximum absolute atomic E-state index is 9.50. The molecule has 0 aliphatic heterocycles. The summed E-state index contributed by atoms with van der Waals surface area (Å²) in [5.41, 5.74) is -1.44. The van der Waals surface area contributed by atoms with Crippen molar-refractivity contribution in [3.8, 4) is 0 Å². The van der Waals surface area contributed by atoms with Crippen molar-refractivity contribution in [2.75, 3.05) is 0 Å². The predicted octanol–water partition coefficient (Wildman–Crippen LogP) is 1.02. The van der Waals surface area contributed by atoms with Crippen LogP contribution < -0.4 is 0 Å². The smallest absolute Gasteiger partial charge is 0.368 e. The van der Waals surface area contributed by atoms with Crippen molar-refractivity contribution in [2.45, 2.75) is 38.9 Å². The van der Waals surface area contributed by atoms with Crippen molar-refractivity contribution in [3.63, 3.8) is 0 Å². The number of rotatable bonds is 3. The predicted molar refractivity (Wildman–Crippen MR) is 46.2 cm³/mol. The van der Waals surface area contributed by atoms with E-state index < -0.39 is 11.2 Å². The molecule has 0 saturated heterocycles. The summed E-state index contributed by atoms with van der Waals surface area (Å²) >= 11 is 3.79. The van der Waals surface area contributed by atoms with Crippen LogP contribution in [0.5, 0.6) is 0 Å². The molecule has 0 heterocycles. The van der Waals surface area contributed by atoms with Gasteiger partial charge in [-0.1, -0.05) is 0 Å². The molecule has 2 nitrogen and oxygen atoms in total. The molecule has 0 saturated carbocycles. The van der Waals surface area contributed by atoms with Crippen molar-refractivity contribution < 1.29 is 9.76 Å². The van der Waals surface area contributed by atoms with Crippen molar-refractivity contribution in [1.82, 2.24) is 0 Å². The van der Waals surface area contributed by atoms with E-state index >= 15 is 0 Å². The quantitative estimate of drug-likeness (QED) is 0.478. The maximum Gasteiger partial charge on any atom is 0.368 e. The standard InChI is InChI=1S/C6H14BO2S/c1-5(2,8)6(3,4)9-7-10/h8,10H,1-4H3. The van der Waals surface area contributed by atoms with Crippen molar-refractivity contribution in [3.05, 3.63) is 0 Å². The van der Waals surface area contributed by atoms with Gasteiger partial charge in [-0.25, -0.2) is 0 Å². The summed E-state index contributed by atoms with van der Waals surface area (Å²) < 4.78 is 5.08. The van der Waals surface area contributed by atoms with Crippen molar-refractivity contribution in [1.29, 1.82) is 0 Å². The molecular weight excluding hydrogens is 147 g/mol. The van der Waals surface area contributed by atoms with Crippen LogP contribution in [0.4, 0.5) is 0 Å². The molecular formula is C6H14BO2S. The van der Waals surface area contributed by atoms with Gasteiger partial charge in [-0.3, -0.25) is 0 Å². The third-order valence-corrected chi connectivity index (χ3v) is 1.93. The molecule has 0 aliphatic rings. The van der Waals surface area contributed by atoms with E-state index in [0.29, 0.717) is 0 Å². The van der Waals surface area contributed by atoms with Crippen LogP contribution in [0.3, 0.4) is 0 Å². The van der Waals surface area contributed by atoms with Gasteiger partial charge in [0.25, 0.3) is 0 Å². The van der Waals surface area contributed by atoms with E-state index in [1.54, 1.807) is 27.7 Å². The van der Waals surface area contributed by atoms with Gasteiger partial charge in [0.05, 0.1) is 11.2 Å². The fraction of sp³-hybridized carbons (Fsp3) is 1.00. The van der Waals surface area contributed by atoms with E-state index in [1.165, 1.54) is 6.76 Å². The number of hydrogen-bond donors (Lipinski definition) is 2. The first-order valence-corrected chi connectivity index (χ1v) is 3.69. The molecule has 0 fully saturated rings.